The van der Waals surface area contributed by atoms with Crippen LogP contribution in [-0.2, 0) is 19.1 Å². The van der Waals surface area contributed by atoms with Gasteiger partial charge in [0.1, 0.15) is 5.01 Å². The predicted molar refractivity (Wildman–Crippen MR) is 101 cm³/mol. The van der Waals surface area contributed by atoms with Crippen molar-refractivity contribution in [2.24, 2.45) is 0 Å². The fourth-order valence-electron chi connectivity index (χ4n) is 2.73. The summed E-state index contributed by atoms with van der Waals surface area (Å²) in [6.07, 6.45) is 0. The molecular formula is C20H19NO4S. The van der Waals surface area contributed by atoms with Crippen molar-refractivity contribution in [3.05, 3.63) is 54.1 Å². The van der Waals surface area contributed by atoms with Crippen molar-refractivity contribution in [3.8, 4) is 10.6 Å². The number of esters is 2. The number of fused-ring (bicyclic) bond motifs is 1. The third kappa shape index (κ3) is 3.60. The lowest BCUT2D eigenvalue weighted by atomic mass is 9.94. The lowest BCUT2D eigenvalue weighted by Crippen LogP contribution is -2.26. The molecule has 5 nitrogen and oxygen atoms in total. The van der Waals surface area contributed by atoms with E-state index in [2.05, 4.69) is 4.98 Å². The molecule has 0 saturated carbocycles. The van der Waals surface area contributed by atoms with Crippen LogP contribution in [-0.4, -0.2) is 30.1 Å². The van der Waals surface area contributed by atoms with Gasteiger partial charge in [0.15, 0.2) is 5.92 Å². The summed E-state index contributed by atoms with van der Waals surface area (Å²) in [7, 11) is 0. The van der Waals surface area contributed by atoms with Crippen molar-refractivity contribution < 1.29 is 19.1 Å². The van der Waals surface area contributed by atoms with Crippen LogP contribution in [0.15, 0.2) is 48.5 Å². The largest absolute Gasteiger partial charge is 0.465 e. The van der Waals surface area contributed by atoms with Gasteiger partial charge < -0.3 is 9.47 Å². The summed E-state index contributed by atoms with van der Waals surface area (Å²) in [6.45, 7) is 3.80. The van der Waals surface area contributed by atoms with E-state index in [1.807, 2.05) is 36.4 Å². The number of nitrogens with zero attached hydrogens (tertiary/aromatic N) is 1. The van der Waals surface area contributed by atoms with Crippen molar-refractivity contribution in [2.75, 3.05) is 13.2 Å². The molecule has 134 valence electrons. The van der Waals surface area contributed by atoms with Crippen LogP contribution in [0.4, 0.5) is 0 Å². The van der Waals surface area contributed by atoms with Crippen LogP contribution in [0.5, 0.6) is 0 Å². The first-order valence-corrected chi connectivity index (χ1v) is 9.25. The summed E-state index contributed by atoms with van der Waals surface area (Å²) in [4.78, 5) is 29.6. The lowest BCUT2D eigenvalue weighted by molar-refractivity contribution is -0.156. The molecule has 6 heteroatoms. The van der Waals surface area contributed by atoms with Gasteiger partial charge in [-0.3, -0.25) is 9.59 Å². The van der Waals surface area contributed by atoms with Gasteiger partial charge in [0.2, 0.25) is 0 Å². The van der Waals surface area contributed by atoms with Gasteiger partial charge in [0, 0.05) is 5.56 Å². The first-order chi connectivity index (χ1) is 12.7. The Labute approximate surface area is 155 Å². The standard InChI is InChI=1S/C20H19NO4S/c1-3-24-19(22)17(20(23)25-4-2)13-9-5-6-10-14(13)18-21-15-11-7-8-12-16(15)26-18/h5-12,17H,3-4H2,1-2H3. The van der Waals surface area contributed by atoms with Gasteiger partial charge in [-0.15, -0.1) is 11.3 Å². The van der Waals surface area contributed by atoms with E-state index in [0.717, 1.165) is 20.8 Å². The normalized spacial score (nSPS) is 10.9. The summed E-state index contributed by atoms with van der Waals surface area (Å²) in [5, 5.41) is 0.750. The van der Waals surface area contributed by atoms with E-state index in [4.69, 9.17) is 9.47 Å². The number of hydrogen-bond donors (Lipinski definition) is 0. The molecule has 0 atom stereocenters. The molecule has 0 N–H and O–H groups in total. The van der Waals surface area contributed by atoms with E-state index in [-0.39, 0.29) is 13.2 Å². The number of para-hydroxylation sites is 1. The lowest BCUT2D eigenvalue weighted by Gasteiger charge is -2.17. The average Bonchev–Trinajstić information content (AvgIpc) is 3.07. The van der Waals surface area contributed by atoms with Crippen molar-refractivity contribution in [3.63, 3.8) is 0 Å². The van der Waals surface area contributed by atoms with E-state index < -0.39 is 17.9 Å². The highest BCUT2D eigenvalue weighted by Gasteiger charge is 2.33. The first-order valence-electron chi connectivity index (χ1n) is 8.43. The zero-order valence-electron chi connectivity index (χ0n) is 14.6. The fraction of sp³-hybridized carbons (Fsp3) is 0.250. The molecule has 0 aliphatic rings. The van der Waals surface area contributed by atoms with Crippen LogP contribution in [0.1, 0.15) is 25.3 Å². The zero-order chi connectivity index (χ0) is 18.5. The van der Waals surface area contributed by atoms with Crippen LogP contribution in [0.2, 0.25) is 0 Å². The predicted octanol–water partition coefficient (Wildman–Crippen LogP) is 4.17. The van der Waals surface area contributed by atoms with E-state index in [1.54, 1.807) is 26.0 Å². The number of carbonyl (C=O) groups is 2. The molecule has 0 radical (unpaired) electrons. The Bertz CT molecular complexity index is 883. The number of carbonyl (C=O) groups excluding carboxylic acids is 2. The molecule has 0 aliphatic heterocycles. The first kappa shape index (κ1) is 18.1. The summed E-state index contributed by atoms with van der Waals surface area (Å²) in [5.41, 5.74) is 2.16. The molecule has 0 unspecified atom stereocenters. The Morgan fingerprint density at radius 2 is 1.58 bits per heavy atom. The molecule has 0 bridgehead atoms. The molecule has 2 aromatic carbocycles. The van der Waals surface area contributed by atoms with Gasteiger partial charge in [0.25, 0.3) is 0 Å². The van der Waals surface area contributed by atoms with Gasteiger partial charge in [-0.1, -0.05) is 36.4 Å². The third-order valence-corrected chi connectivity index (χ3v) is 4.91. The number of hydrogen-bond acceptors (Lipinski definition) is 6. The van der Waals surface area contributed by atoms with Gasteiger partial charge in [-0.25, -0.2) is 4.98 Å². The Kier molecular flexibility index (Phi) is 5.63. The maximum absolute atomic E-state index is 12.5. The second kappa shape index (κ2) is 8.10. The smallest absolute Gasteiger partial charge is 0.324 e. The second-order valence-electron chi connectivity index (χ2n) is 5.51. The average molecular weight is 369 g/mol. The van der Waals surface area contributed by atoms with Gasteiger partial charge in [0.05, 0.1) is 23.4 Å². The zero-order valence-corrected chi connectivity index (χ0v) is 15.4. The van der Waals surface area contributed by atoms with E-state index in [0.29, 0.717) is 5.56 Å². The van der Waals surface area contributed by atoms with Crippen LogP contribution in [0.3, 0.4) is 0 Å². The monoisotopic (exact) mass is 369 g/mol. The molecule has 0 aliphatic carbocycles. The summed E-state index contributed by atoms with van der Waals surface area (Å²) in [6, 6.07) is 15.1. The van der Waals surface area contributed by atoms with Gasteiger partial charge in [-0.2, -0.15) is 0 Å². The molecule has 1 heterocycles. The van der Waals surface area contributed by atoms with E-state index >= 15 is 0 Å². The Hall–Kier alpha value is -2.73. The van der Waals surface area contributed by atoms with Crippen LogP contribution in [0.25, 0.3) is 20.8 Å². The fourth-order valence-corrected chi connectivity index (χ4v) is 3.75. The molecule has 3 rings (SSSR count). The highest BCUT2D eigenvalue weighted by Crippen LogP contribution is 2.35. The minimum Gasteiger partial charge on any atom is -0.465 e. The third-order valence-electron chi connectivity index (χ3n) is 3.84. The minimum absolute atomic E-state index is 0.193. The SMILES string of the molecule is CCOC(=O)C(C(=O)OCC)c1ccccc1-c1nc2ccccc2s1. The number of aromatic nitrogens is 1. The van der Waals surface area contributed by atoms with E-state index in [1.165, 1.54) is 11.3 Å². The molecule has 0 spiro atoms. The van der Waals surface area contributed by atoms with Crippen LogP contribution in [0, 0.1) is 0 Å². The topological polar surface area (TPSA) is 65.5 Å². The maximum Gasteiger partial charge on any atom is 0.324 e. The minimum atomic E-state index is -1.13. The summed E-state index contributed by atoms with van der Waals surface area (Å²) < 4.78 is 11.3. The van der Waals surface area contributed by atoms with Crippen LogP contribution >= 0.6 is 11.3 Å². The summed E-state index contributed by atoms with van der Waals surface area (Å²) in [5.74, 6) is -2.35. The van der Waals surface area contributed by atoms with E-state index in [9.17, 15) is 9.59 Å². The quantitative estimate of drug-likeness (QED) is 0.482. The van der Waals surface area contributed by atoms with Crippen LogP contribution < -0.4 is 0 Å². The Morgan fingerprint density at radius 3 is 2.23 bits per heavy atom. The molecule has 0 saturated heterocycles. The van der Waals surface area contributed by atoms with Crippen molar-refractivity contribution in [1.29, 1.82) is 0 Å². The number of thiazole rings is 1. The molecule has 0 amide bonds. The number of ether oxygens (including phenoxy) is 2. The highest BCUT2D eigenvalue weighted by atomic mass is 32.1. The Balaban J connectivity index is 2.10. The highest BCUT2D eigenvalue weighted by molar-refractivity contribution is 7.21. The molecular weight excluding hydrogens is 350 g/mol. The van der Waals surface area contributed by atoms with Crippen molar-refractivity contribution in [1.82, 2.24) is 4.98 Å². The Morgan fingerprint density at radius 1 is 0.962 bits per heavy atom. The van der Waals surface area contributed by atoms with Gasteiger partial charge in [-0.05, 0) is 31.5 Å². The van der Waals surface area contributed by atoms with Crippen molar-refractivity contribution >= 4 is 33.5 Å². The molecule has 26 heavy (non-hydrogen) atoms. The van der Waals surface area contributed by atoms with Crippen molar-refractivity contribution in [2.45, 2.75) is 19.8 Å². The maximum atomic E-state index is 12.5. The number of benzene rings is 2. The molecule has 1 aromatic heterocycles. The summed E-state index contributed by atoms with van der Waals surface area (Å²) >= 11 is 1.52. The second-order valence-corrected chi connectivity index (χ2v) is 6.54. The van der Waals surface area contributed by atoms with Gasteiger partial charge >= 0.3 is 11.9 Å². The molecule has 0 fully saturated rings. The molecule has 3 aromatic rings. The number of rotatable bonds is 6.